The minimum atomic E-state index is -0.726. The Morgan fingerprint density at radius 2 is 1.94 bits per heavy atom. The number of hydrogen-bond donors (Lipinski definition) is 2. The second-order valence-corrected chi connectivity index (χ2v) is 4.33. The summed E-state index contributed by atoms with van der Waals surface area (Å²) in [4.78, 5) is 13.4. The van der Waals surface area contributed by atoms with Crippen LogP contribution in [0, 0.1) is 0 Å². The number of carboxylic acid groups (broad SMARTS) is 1. The number of nitrogens with zero attached hydrogens (tertiary/aromatic N) is 1. The first kappa shape index (κ1) is 12.1. The summed E-state index contributed by atoms with van der Waals surface area (Å²) < 4.78 is 0. The summed E-state index contributed by atoms with van der Waals surface area (Å²) >= 11 is 0. The van der Waals surface area contributed by atoms with Crippen LogP contribution in [0.5, 0.6) is 0 Å². The van der Waals surface area contributed by atoms with Gasteiger partial charge in [-0.25, -0.2) is 0 Å². The van der Waals surface area contributed by atoms with Gasteiger partial charge >= 0.3 is 5.97 Å². The third-order valence-corrected chi connectivity index (χ3v) is 3.15. The molecule has 0 radical (unpaired) electrons. The Morgan fingerprint density at radius 3 is 2.53 bits per heavy atom. The second-order valence-electron chi connectivity index (χ2n) is 4.33. The number of benzene rings is 1. The van der Waals surface area contributed by atoms with Gasteiger partial charge in [0.05, 0.1) is 0 Å². The highest BCUT2D eigenvalue weighted by atomic mass is 16.4. The van der Waals surface area contributed by atoms with Crippen LogP contribution in [-0.4, -0.2) is 48.2 Å². The van der Waals surface area contributed by atoms with Gasteiger partial charge in [0.25, 0.3) is 0 Å². The van der Waals surface area contributed by atoms with Crippen molar-refractivity contribution < 1.29 is 9.90 Å². The molecule has 17 heavy (non-hydrogen) atoms. The SMILES string of the molecule is O=C(O)C(Cc1ccccc1)N1CCNCC1. The summed E-state index contributed by atoms with van der Waals surface area (Å²) in [5.74, 6) is -0.726. The predicted molar refractivity (Wildman–Crippen MR) is 66.0 cm³/mol. The molecule has 1 unspecified atom stereocenters. The topological polar surface area (TPSA) is 52.6 Å². The molecule has 0 aromatic heterocycles. The van der Waals surface area contributed by atoms with Crippen LogP contribution in [0.3, 0.4) is 0 Å². The average Bonchev–Trinajstić information content (AvgIpc) is 2.38. The van der Waals surface area contributed by atoms with Crippen LogP contribution in [0.4, 0.5) is 0 Å². The van der Waals surface area contributed by atoms with Gasteiger partial charge in [0, 0.05) is 26.2 Å². The van der Waals surface area contributed by atoms with Crippen LogP contribution in [-0.2, 0) is 11.2 Å². The van der Waals surface area contributed by atoms with E-state index in [9.17, 15) is 9.90 Å². The summed E-state index contributed by atoms with van der Waals surface area (Å²) in [6.45, 7) is 3.37. The quantitative estimate of drug-likeness (QED) is 0.800. The fraction of sp³-hybridized carbons (Fsp3) is 0.462. The molecule has 2 N–H and O–H groups in total. The van der Waals surface area contributed by atoms with Crippen LogP contribution >= 0.6 is 0 Å². The van der Waals surface area contributed by atoms with E-state index in [1.807, 2.05) is 35.2 Å². The summed E-state index contributed by atoms with van der Waals surface area (Å²) in [6, 6.07) is 9.41. The normalized spacial score (nSPS) is 18.8. The number of hydrogen-bond acceptors (Lipinski definition) is 3. The molecule has 1 aliphatic rings. The minimum absolute atomic E-state index is 0.403. The summed E-state index contributed by atoms with van der Waals surface area (Å²) in [5.41, 5.74) is 1.08. The highest BCUT2D eigenvalue weighted by Crippen LogP contribution is 2.10. The molecule has 1 aliphatic heterocycles. The van der Waals surface area contributed by atoms with E-state index in [4.69, 9.17) is 0 Å². The van der Waals surface area contributed by atoms with Gasteiger partial charge in [-0.15, -0.1) is 0 Å². The molecule has 0 amide bonds. The third-order valence-electron chi connectivity index (χ3n) is 3.15. The van der Waals surface area contributed by atoms with Gasteiger partial charge in [0.1, 0.15) is 6.04 Å². The van der Waals surface area contributed by atoms with Crippen molar-refractivity contribution in [2.24, 2.45) is 0 Å². The number of rotatable bonds is 4. The van der Waals surface area contributed by atoms with Crippen molar-refractivity contribution in [2.45, 2.75) is 12.5 Å². The van der Waals surface area contributed by atoms with Crippen molar-refractivity contribution >= 4 is 5.97 Å². The molecule has 1 atom stereocenters. The molecule has 0 bridgehead atoms. The van der Waals surface area contributed by atoms with Gasteiger partial charge in [0.2, 0.25) is 0 Å². The van der Waals surface area contributed by atoms with Crippen LogP contribution in [0.25, 0.3) is 0 Å². The molecule has 1 saturated heterocycles. The Hall–Kier alpha value is -1.39. The van der Waals surface area contributed by atoms with E-state index >= 15 is 0 Å². The summed E-state index contributed by atoms with van der Waals surface area (Å²) in [7, 11) is 0. The van der Waals surface area contributed by atoms with E-state index in [0.29, 0.717) is 6.42 Å². The van der Waals surface area contributed by atoms with Gasteiger partial charge in [-0.3, -0.25) is 9.69 Å². The molecule has 92 valence electrons. The zero-order valence-corrected chi connectivity index (χ0v) is 9.80. The summed E-state index contributed by atoms with van der Waals surface area (Å²) in [6.07, 6.45) is 0.580. The van der Waals surface area contributed by atoms with E-state index in [0.717, 1.165) is 31.7 Å². The van der Waals surface area contributed by atoms with Crippen LogP contribution < -0.4 is 5.32 Å². The van der Waals surface area contributed by atoms with Crippen LogP contribution in [0.2, 0.25) is 0 Å². The third kappa shape index (κ3) is 3.28. The molecule has 0 spiro atoms. The molecule has 0 aliphatic carbocycles. The molecular weight excluding hydrogens is 216 g/mol. The molecule has 1 heterocycles. The zero-order valence-electron chi connectivity index (χ0n) is 9.80. The van der Waals surface area contributed by atoms with Gasteiger partial charge in [-0.2, -0.15) is 0 Å². The van der Waals surface area contributed by atoms with Gasteiger partial charge in [0.15, 0.2) is 0 Å². The standard InChI is InChI=1S/C13H18N2O2/c16-13(17)12(15-8-6-14-7-9-15)10-11-4-2-1-3-5-11/h1-5,12,14H,6-10H2,(H,16,17). The van der Waals surface area contributed by atoms with Crippen LogP contribution in [0.15, 0.2) is 30.3 Å². The monoisotopic (exact) mass is 234 g/mol. The highest BCUT2D eigenvalue weighted by molar-refractivity contribution is 5.74. The lowest BCUT2D eigenvalue weighted by atomic mass is 10.0. The first-order valence-electron chi connectivity index (χ1n) is 5.99. The molecule has 1 aromatic carbocycles. The van der Waals surface area contributed by atoms with Gasteiger partial charge in [-0.05, 0) is 12.0 Å². The van der Waals surface area contributed by atoms with Crippen molar-refractivity contribution in [3.8, 4) is 0 Å². The first-order valence-corrected chi connectivity index (χ1v) is 5.99. The largest absolute Gasteiger partial charge is 0.480 e. The lowest BCUT2D eigenvalue weighted by Gasteiger charge is -2.32. The maximum Gasteiger partial charge on any atom is 0.321 e. The van der Waals surface area contributed by atoms with E-state index in [-0.39, 0.29) is 0 Å². The van der Waals surface area contributed by atoms with Crippen molar-refractivity contribution in [3.63, 3.8) is 0 Å². The Morgan fingerprint density at radius 1 is 1.29 bits per heavy atom. The number of carbonyl (C=O) groups is 1. The predicted octanol–water partition coefficient (Wildman–Crippen LogP) is 0.587. The summed E-state index contributed by atoms with van der Waals surface area (Å²) in [5, 5.41) is 12.6. The van der Waals surface area contributed by atoms with Gasteiger partial charge < -0.3 is 10.4 Å². The van der Waals surface area contributed by atoms with E-state index in [1.165, 1.54) is 0 Å². The van der Waals surface area contributed by atoms with E-state index in [1.54, 1.807) is 0 Å². The number of aliphatic carboxylic acids is 1. The highest BCUT2D eigenvalue weighted by Gasteiger charge is 2.26. The van der Waals surface area contributed by atoms with E-state index < -0.39 is 12.0 Å². The lowest BCUT2D eigenvalue weighted by molar-refractivity contribution is -0.143. The smallest absolute Gasteiger partial charge is 0.321 e. The van der Waals surface area contributed by atoms with Crippen LogP contribution in [0.1, 0.15) is 5.56 Å². The zero-order chi connectivity index (χ0) is 12.1. The minimum Gasteiger partial charge on any atom is -0.480 e. The fourth-order valence-electron chi connectivity index (χ4n) is 2.20. The first-order chi connectivity index (χ1) is 8.27. The van der Waals surface area contributed by atoms with E-state index in [2.05, 4.69) is 5.32 Å². The molecule has 1 fully saturated rings. The molecule has 1 aromatic rings. The fourth-order valence-corrected chi connectivity index (χ4v) is 2.20. The second kappa shape index (κ2) is 5.80. The molecule has 4 heteroatoms. The maximum absolute atomic E-state index is 11.3. The van der Waals surface area contributed by atoms with Crippen molar-refractivity contribution in [3.05, 3.63) is 35.9 Å². The van der Waals surface area contributed by atoms with Gasteiger partial charge in [-0.1, -0.05) is 30.3 Å². The Balaban J connectivity index is 2.04. The molecule has 2 rings (SSSR count). The average molecular weight is 234 g/mol. The Bertz CT molecular complexity index is 361. The molecular formula is C13H18N2O2. The Kier molecular flexibility index (Phi) is 4.12. The maximum atomic E-state index is 11.3. The molecule has 0 saturated carbocycles. The number of carboxylic acids is 1. The number of piperazine rings is 1. The van der Waals surface area contributed by atoms with Crippen molar-refractivity contribution in [1.82, 2.24) is 10.2 Å². The Labute approximate surface area is 101 Å². The van der Waals surface area contributed by atoms with Crippen molar-refractivity contribution in [2.75, 3.05) is 26.2 Å². The lowest BCUT2D eigenvalue weighted by Crippen LogP contribution is -2.52. The van der Waals surface area contributed by atoms with Crippen molar-refractivity contribution in [1.29, 1.82) is 0 Å². The molecule has 4 nitrogen and oxygen atoms in total. The number of nitrogens with one attached hydrogen (secondary N) is 1.